The minimum Gasteiger partial charge on any atom is -0.478 e. The van der Waals surface area contributed by atoms with Crippen molar-refractivity contribution in [1.29, 1.82) is 0 Å². The van der Waals surface area contributed by atoms with Gasteiger partial charge in [-0.15, -0.1) is 0 Å². The van der Waals surface area contributed by atoms with Crippen LogP contribution >= 0.6 is 27.5 Å². The highest BCUT2D eigenvalue weighted by molar-refractivity contribution is 9.10. The van der Waals surface area contributed by atoms with E-state index in [-0.39, 0.29) is 21.3 Å². The van der Waals surface area contributed by atoms with Crippen LogP contribution in [0.1, 0.15) is 10.4 Å². The van der Waals surface area contributed by atoms with E-state index in [1.54, 1.807) is 0 Å². The fourth-order valence-corrected chi connectivity index (χ4v) is 2.95. The third kappa shape index (κ3) is 3.72. The van der Waals surface area contributed by atoms with Gasteiger partial charge in [0.1, 0.15) is 5.15 Å². The average molecular weight is 392 g/mol. The van der Waals surface area contributed by atoms with Crippen molar-refractivity contribution in [2.45, 2.75) is 4.90 Å². The summed E-state index contributed by atoms with van der Waals surface area (Å²) in [5.41, 5.74) is 0.235. The number of aromatic carboxylic acids is 1. The number of sulfonamides is 1. The SMILES string of the molecule is O=C(O)c1ccc(S(=O)(=O)Nc2cnc(Cl)c(Br)c2)cc1. The molecule has 0 amide bonds. The highest BCUT2D eigenvalue weighted by Gasteiger charge is 2.15. The smallest absolute Gasteiger partial charge is 0.335 e. The van der Waals surface area contributed by atoms with E-state index >= 15 is 0 Å². The standard InChI is InChI=1S/C12H8BrClN2O4S/c13-10-5-8(6-15-11(10)14)16-21(19,20)9-3-1-7(2-4-9)12(17)18/h1-6,16H,(H,17,18). The summed E-state index contributed by atoms with van der Waals surface area (Å²) in [6.07, 6.45) is 1.27. The molecular formula is C12H8BrClN2O4S. The van der Waals surface area contributed by atoms with Gasteiger partial charge >= 0.3 is 5.97 Å². The lowest BCUT2D eigenvalue weighted by Gasteiger charge is -2.08. The Labute approximate surface area is 134 Å². The van der Waals surface area contributed by atoms with Crippen molar-refractivity contribution in [1.82, 2.24) is 4.98 Å². The predicted molar refractivity (Wildman–Crippen MR) is 81.2 cm³/mol. The van der Waals surface area contributed by atoms with Crippen molar-refractivity contribution >= 4 is 49.2 Å². The number of halogens is 2. The topological polar surface area (TPSA) is 96.4 Å². The van der Waals surface area contributed by atoms with E-state index in [1.165, 1.54) is 36.5 Å². The molecule has 0 radical (unpaired) electrons. The van der Waals surface area contributed by atoms with E-state index in [4.69, 9.17) is 16.7 Å². The predicted octanol–water partition coefficient (Wildman–Crippen LogP) is 3.00. The molecule has 1 heterocycles. The molecule has 2 rings (SSSR count). The van der Waals surface area contributed by atoms with Crippen LogP contribution in [0.25, 0.3) is 0 Å². The first kappa shape index (κ1) is 15.7. The largest absolute Gasteiger partial charge is 0.478 e. The second-order valence-electron chi connectivity index (χ2n) is 3.93. The number of hydrogen-bond acceptors (Lipinski definition) is 4. The molecule has 2 N–H and O–H groups in total. The summed E-state index contributed by atoms with van der Waals surface area (Å²) in [5, 5.41) is 8.99. The number of aromatic nitrogens is 1. The number of nitrogens with one attached hydrogen (secondary N) is 1. The number of nitrogens with zero attached hydrogens (tertiary/aromatic N) is 1. The second-order valence-corrected chi connectivity index (χ2v) is 6.83. The van der Waals surface area contributed by atoms with Crippen molar-refractivity contribution < 1.29 is 18.3 Å². The number of hydrogen-bond donors (Lipinski definition) is 2. The van der Waals surface area contributed by atoms with E-state index < -0.39 is 16.0 Å². The van der Waals surface area contributed by atoms with Crippen molar-refractivity contribution in [3.05, 3.63) is 51.7 Å². The van der Waals surface area contributed by atoms with Gasteiger partial charge in [0.15, 0.2) is 0 Å². The summed E-state index contributed by atoms with van der Waals surface area (Å²) < 4.78 is 27.1. The van der Waals surface area contributed by atoms with Crippen LogP contribution in [0.2, 0.25) is 5.15 Å². The van der Waals surface area contributed by atoms with E-state index in [9.17, 15) is 13.2 Å². The third-order valence-electron chi connectivity index (χ3n) is 2.46. The molecule has 9 heteroatoms. The second kappa shape index (κ2) is 6.00. The molecule has 0 unspecified atom stereocenters. The van der Waals surface area contributed by atoms with Gasteiger partial charge in [0.05, 0.1) is 26.8 Å². The number of benzene rings is 1. The molecule has 0 atom stereocenters. The van der Waals surface area contributed by atoms with E-state index in [1.807, 2.05) is 0 Å². The number of rotatable bonds is 4. The molecule has 1 aromatic heterocycles. The van der Waals surface area contributed by atoms with Crippen molar-refractivity contribution in [2.24, 2.45) is 0 Å². The normalized spacial score (nSPS) is 11.1. The first-order chi connectivity index (χ1) is 9.79. The lowest BCUT2D eigenvalue weighted by Crippen LogP contribution is -2.13. The molecule has 0 saturated heterocycles. The van der Waals surface area contributed by atoms with Crippen molar-refractivity contribution in [3.8, 4) is 0 Å². The molecule has 0 fully saturated rings. The van der Waals surface area contributed by atoms with Crippen LogP contribution in [0.15, 0.2) is 45.9 Å². The summed E-state index contributed by atoms with van der Waals surface area (Å²) in [7, 11) is -3.83. The van der Waals surface area contributed by atoms with Crippen LogP contribution in [0, 0.1) is 0 Å². The number of carboxylic acids is 1. The Kier molecular flexibility index (Phi) is 4.50. The molecule has 0 aliphatic heterocycles. The monoisotopic (exact) mass is 390 g/mol. The Morgan fingerprint density at radius 3 is 2.43 bits per heavy atom. The first-order valence-corrected chi connectivity index (χ1v) is 8.12. The van der Waals surface area contributed by atoms with E-state index in [2.05, 4.69) is 25.6 Å². The van der Waals surface area contributed by atoms with Crippen LogP contribution in [0.3, 0.4) is 0 Å². The lowest BCUT2D eigenvalue weighted by molar-refractivity contribution is 0.0697. The Balaban J connectivity index is 2.29. The maximum Gasteiger partial charge on any atom is 0.335 e. The number of carbonyl (C=O) groups is 1. The minimum atomic E-state index is -3.83. The molecule has 0 aliphatic rings. The summed E-state index contributed by atoms with van der Waals surface area (Å²) in [6.45, 7) is 0. The van der Waals surface area contributed by atoms with E-state index in [0.29, 0.717) is 4.47 Å². The summed E-state index contributed by atoms with van der Waals surface area (Å²) >= 11 is 8.87. The summed E-state index contributed by atoms with van der Waals surface area (Å²) in [6, 6.07) is 6.33. The van der Waals surface area contributed by atoms with Gasteiger partial charge < -0.3 is 5.11 Å². The molecule has 110 valence electrons. The summed E-state index contributed by atoms with van der Waals surface area (Å²) in [4.78, 5) is 14.5. The van der Waals surface area contributed by atoms with Crippen molar-refractivity contribution in [2.75, 3.05) is 4.72 Å². The number of anilines is 1. The van der Waals surface area contributed by atoms with Gasteiger partial charge in [-0.2, -0.15) is 0 Å². The molecule has 21 heavy (non-hydrogen) atoms. The van der Waals surface area contributed by atoms with Gasteiger partial charge in [-0.3, -0.25) is 4.72 Å². The van der Waals surface area contributed by atoms with Gasteiger partial charge in [-0.1, -0.05) is 11.6 Å². The molecule has 0 spiro atoms. The average Bonchev–Trinajstić information content (AvgIpc) is 2.43. The Hall–Kier alpha value is -1.64. The van der Waals surface area contributed by atoms with Crippen molar-refractivity contribution in [3.63, 3.8) is 0 Å². The zero-order chi connectivity index (χ0) is 15.6. The first-order valence-electron chi connectivity index (χ1n) is 5.47. The van der Waals surface area contributed by atoms with Crippen LogP contribution < -0.4 is 4.72 Å². The molecule has 2 aromatic rings. The zero-order valence-electron chi connectivity index (χ0n) is 10.2. The Morgan fingerprint density at radius 2 is 1.90 bits per heavy atom. The van der Waals surface area contributed by atoms with Crippen LogP contribution in [-0.2, 0) is 10.0 Å². The molecule has 0 saturated carbocycles. The van der Waals surface area contributed by atoms with Gasteiger partial charge in [-0.25, -0.2) is 18.2 Å². The molecule has 0 bridgehead atoms. The number of carboxylic acid groups (broad SMARTS) is 1. The van der Waals surface area contributed by atoms with Crippen LogP contribution in [-0.4, -0.2) is 24.5 Å². The van der Waals surface area contributed by atoms with E-state index in [0.717, 1.165) is 0 Å². The molecule has 6 nitrogen and oxygen atoms in total. The fraction of sp³-hybridized carbons (Fsp3) is 0. The number of pyridine rings is 1. The quantitative estimate of drug-likeness (QED) is 0.781. The lowest BCUT2D eigenvalue weighted by atomic mass is 10.2. The minimum absolute atomic E-state index is 0.00449. The molecular weight excluding hydrogens is 384 g/mol. The maximum atomic E-state index is 12.1. The highest BCUT2D eigenvalue weighted by atomic mass is 79.9. The third-order valence-corrected chi connectivity index (χ3v) is 4.99. The van der Waals surface area contributed by atoms with Gasteiger partial charge in [-0.05, 0) is 46.3 Å². The summed E-state index contributed by atoms with van der Waals surface area (Å²) in [5.74, 6) is -1.13. The molecule has 1 aromatic carbocycles. The van der Waals surface area contributed by atoms with Gasteiger partial charge in [0, 0.05) is 0 Å². The highest BCUT2D eigenvalue weighted by Crippen LogP contribution is 2.24. The van der Waals surface area contributed by atoms with Crippen LogP contribution in [0.4, 0.5) is 5.69 Å². The van der Waals surface area contributed by atoms with Crippen LogP contribution in [0.5, 0.6) is 0 Å². The fourth-order valence-electron chi connectivity index (χ4n) is 1.47. The Bertz CT molecular complexity index is 793. The maximum absolute atomic E-state index is 12.1. The zero-order valence-corrected chi connectivity index (χ0v) is 13.4. The van der Waals surface area contributed by atoms with Gasteiger partial charge in [0.2, 0.25) is 0 Å². The molecule has 0 aliphatic carbocycles. The Morgan fingerprint density at radius 1 is 1.29 bits per heavy atom. The van der Waals surface area contributed by atoms with Gasteiger partial charge in [0.25, 0.3) is 10.0 Å².